The van der Waals surface area contributed by atoms with Crippen LogP contribution in [0.15, 0.2) is 0 Å². The van der Waals surface area contributed by atoms with Crippen LogP contribution in [0.2, 0.25) is 0 Å². The summed E-state index contributed by atoms with van der Waals surface area (Å²) in [4.78, 5) is 0. The molecule has 0 aromatic heterocycles. The van der Waals surface area contributed by atoms with Gasteiger partial charge in [0.25, 0.3) is 0 Å². The van der Waals surface area contributed by atoms with Gasteiger partial charge in [-0.15, -0.1) is 0 Å². The van der Waals surface area contributed by atoms with Crippen LogP contribution in [-0.4, -0.2) is 22.7 Å². The lowest BCUT2D eigenvalue weighted by atomic mass is 10.2. The topological polar surface area (TPSA) is 92.5 Å². The van der Waals surface area contributed by atoms with Crippen molar-refractivity contribution in [3.63, 3.8) is 0 Å². The van der Waals surface area contributed by atoms with Crippen molar-refractivity contribution in [1.82, 2.24) is 0 Å². The maximum atomic E-state index is 8.59. The van der Waals surface area contributed by atoms with Crippen LogP contribution in [0.3, 0.4) is 0 Å². The van der Waals surface area contributed by atoms with Crippen LogP contribution >= 0.6 is 0 Å². The van der Waals surface area contributed by atoms with Crippen LogP contribution in [0, 0.1) is 0 Å². The van der Waals surface area contributed by atoms with Crippen LogP contribution in [0.5, 0.6) is 0 Å². The zero-order valence-corrected chi connectivity index (χ0v) is 4.67. The predicted molar refractivity (Wildman–Crippen MR) is 29.6 cm³/mol. The van der Waals surface area contributed by atoms with Gasteiger partial charge in [-0.25, -0.2) is 0 Å². The summed E-state index contributed by atoms with van der Waals surface area (Å²) in [6.45, 7) is 0.0106. The molecular weight excluding hydrogens is 108 g/mol. The van der Waals surface area contributed by atoms with Crippen LogP contribution < -0.4 is 11.5 Å². The molecule has 4 heteroatoms. The third kappa shape index (κ3) is 5.84. The van der Waals surface area contributed by atoms with Gasteiger partial charge in [0.2, 0.25) is 0 Å². The van der Waals surface area contributed by atoms with E-state index in [0.717, 1.165) is 0 Å². The fourth-order valence-electron chi connectivity index (χ4n) is 0.362. The van der Waals surface area contributed by atoms with Crippen LogP contribution in [0.1, 0.15) is 12.8 Å². The first-order valence-corrected chi connectivity index (χ1v) is 2.47. The Morgan fingerprint density at radius 3 is 2.00 bits per heavy atom. The molecule has 0 saturated carbocycles. The summed E-state index contributed by atoms with van der Waals surface area (Å²) in [5, 5.41) is 16.8. The van der Waals surface area contributed by atoms with Gasteiger partial charge in [-0.1, -0.05) is 0 Å². The molecule has 0 aliphatic rings. The number of hydrogen-bond acceptors (Lipinski definition) is 4. The molecule has 8 heavy (non-hydrogen) atoms. The van der Waals surface area contributed by atoms with Crippen molar-refractivity contribution in [2.24, 2.45) is 11.5 Å². The molecule has 0 saturated heterocycles. The van der Waals surface area contributed by atoms with Crippen molar-refractivity contribution < 1.29 is 10.2 Å². The van der Waals surface area contributed by atoms with E-state index in [-0.39, 0.29) is 13.0 Å². The summed E-state index contributed by atoms with van der Waals surface area (Å²) < 4.78 is 0. The molecule has 6 N–H and O–H groups in total. The number of aliphatic hydroxyl groups is 2. The van der Waals surface area contributed by atoms with Gasteiger partial charge < -0.3 is 10.2 Å². The average Bonchev–Trinajstić information content (AvgIpc) is 1.59. The minimum absolute atomic E-state index is 0.0106. The third-order valence-corrected chi connectivity index (χ3v) is 0.735. The normalized spacial score (nSPS) is 12.0. The van der Waals surface area contributed by atoms with E-state index >= 15 is 0 Å². The average molecular weight is 120 g/mol. The van der Waals surface area contributed by atoms with E-state index in [9.17, 15) is 0 Å². The van der Waals surface area contributed by atoms with E-state index in [1.807, 2.05) is 0 Å². The minimum atomic E-state index is -1.61. The quantitative estimate of drug-likeness (QED) is 0.335. The molecule has 0 aromatic carbocycles. The van der Waals surface area contributed by atoms with Crippen LogP contribution in [0.4, 0.5) is 0 Å². The van der Waals surface area contributed by atoms with Gasteiger partial charge in [0.15, 0.2) is 5.85 Å². The molecule has 4 nitrogen and oxygen atoms in total. The predicted octanol–water partition coefficient (Wildman–Crippen LogP) is -1.68. The Hall–Kier alpha value is -0.160. The SMILES string of the molecule is NC(N)(O)CCCO. The van der Waals surface area contributed by atoms with Crippen molar-refractivity contribution >= 4 is 0 Å². The highest BCUT2D eigenvalue weighted by atomic mass is 16.3. The minimum Gasteiger partial charge on any atom is -0.396 e. The van der Waals surface area contributed by atoms with Crippen molar-refractivity contribution in [3.8, 4) is 0 Å². The molecule has 0 radical (unpaired) electrons. The third-order valence-electron chi connectivity index (χ3n) is 0.735. The van der Waals surface area contributed by atoms with E-state index in [0.29, 0.717) is 6.42 Å². The first kappa shape index (κ1) is 7.84. The molecule has 0 rings (SSSR count). The molecule has 0 fully saturated rings. The zero-order chi connectivity index (χ0) is 6.62. The Kier molecular flexibility index (Phi) is 2.93. The molecule has 0 heterocycles. The summed E-state index contributed by atoms with van der Waals surface area (Å²) in [7, 11) is 0. The Bertz CT molecular complexity index is 59.5. The number of nitrogens with two attached hydrogens (primary N) is 2. The number of hydrogen-bond donors (Lipinski definition) is 4. The second kappa shape index (κ2) is 2.99. The van der Waals surface area contributed by atoms with Crippen molar-refractivity contribution in [3.05, 3.63) is 0 Å². The van der Waals surface area contributed by atoms with Crippen molar-refractivity contribution in [2.75, 3.05) is 6.61 Å². The fourth-order valence-corrected chi connectivity index (χ4v) is 0.362. The summed E-state index contributed by atoms with van der Waals surface area (Å²) in [6.07, 6.45) is 0.660. The molecule has 0 atom stereocenters. The standard InChI is InChI=1S/C4H12N2O2/c5-4(6,8)2-1-3-7/h7-8H,1-3,5-6H2. The highest BCUT2D eigenvalue weighted by molar-refractivity contribution is 4.58. The molecule has 0 aliphatic heterocycles. The Morgan fingerprint density at radius 2 is 1.88 bits per heavy atom. The summed E-state index contributed by atoms with van der Waals surface area (Å²) in [5.41, 5.74) is 9.89. The molecule has 0 spiro atoms. The molecule has 50 valence electrons. The fraction of sp³-hybridized carbons (Fsp3) is 1.00. The first-order valence-electron chi connectivity index (χ1n) is 2.47. The molecular formula is C4H12N2O2. The molecule has 0 unspecified atom stereocenters. The largest absolute Gasteiger partial charge is 0.396 e. The van der Waals surface area contributed by atoms with E-state index in [1.165, 1.54) is 0 Å². The molecule has 0 aliphatic carbocycles. The lowest BCUT2D eigenvalue weighted by Crippen LogP contribution is -2.49. The van der Waals surface area contributed by atoms with Gasteiger partial charge >= 0.3 is 0 Å². The maximum Gasteiger partial charge on any atom is 0.166 e. The second-order valence-corrected chi connectivity index (χ2v) is 1.82. The van der Waals surface area contributed by atoms with Gasteiger partial charge in [-0.2, -0.15) is 0 Å². The summed E-state index contributed by atoms with van der Waals surface area (Å²) in [5.74, 6) is -1.61. The molecule has 0 aromatic rings. The highest BCUT2D eigenvalue weighted by Crippen LogP contribution is 1.95. The van der Waals surface area contributed by atoms with Crippen molar-refractivity contribution in [1.29, 1.82) is 0 Å². The van der Waals surface area contributed by atoms with E-state index in [4.69, 9.17) is 21.7 Å². The number of rotatable bonds is 3. The highest BCUT2D eigenvalue weighted by Gasteiger charge is 2.11. The Balaban J connectivity index is 3.11. The first-order chi connectivity index (χ1) is 3.56. The van der Waals surface area contributed by atoms with Gasteiger partial charge in [0.1, 0.15) is 0 Å². The van der Waals surface area contributed by atoms with Gasteiger partial charge in [-0.05, 0) is 6.42 Å². The Labute approximate surface area is 48.1 Å². The van der Waals surface area contributed by atoms with E-state index in [1.54, 1.807) is 0 Å². The molecule has 0 bridgehead atoms. The second-order valence-electron chi connectivity index (χ2n) is 1.82. The smallest absolute Gasteiger partial charge is 0.166 e. The molecule has 0 amide bonds. The van der Waals surface area contributed by atoms with E-state index in [2.05, 4.69) is 0 Å². The van der Waals surface area contributed by atoms with Gasteiger partial charge in [0.05, 0.1) is 0 Å². The van der Waals surface area contributed by atoms with Gasteiger partial charge in [0, 0.05) is 13.0 Å². The van der Waals surface area contributed by atoms with Crippen molar-refractivity contribution in [2.45, 2.75) is 18.7 Å². The summed E-state index contributed by atoms with van der Waals surface area (Å²) in [6, 6.07) is 0. The monoisotopic (exact) mass is 120 g/mol. The maximum absolute atomic E-state index is 8.59. The van der Waals surface area contributed by atoms with Crippen LogP contribution in [0.25, 0.3) is 0 Å². The number of aliphatic hydroxyl groups excluding tert-OH is 1. The lowest BCUT2D eigenvalue weighted by Gasteiger charge is -2.14. The van der Waals surface area contributed by atoms with Gasteiger partial charge in [-0.3, -0.25) is 11.5 Å². The Morgan fingerprint density at radius 1 is 1.38 bits per heavy atom. The lowest BCUT2D eigenvalue weighted by molar-refractivity contribution is 0.0378. The zero-order valence-electron chi connectivity index (χ0n) is 4.67. The van der Waals surface area contributed by atoms with E-state index < -0.39 is 5.85 Å². The summed E-state index contributed by atoms with van der Waals surface area (Å²) >= 11 is 0. The van der Waals surface area contributed by atoms with Crippen LogP contribution in [-0.2, 0) is 0 Å².